The highest BCUT2D eigenvalue weighted by Crippen LogP contribution is 2.16. The molecule has 0 aliphatic carbocycles. The predicted molar refractivity (Wildman–Crippen MR) is 61.0 cm³/mol. The molecule has 1 aromatic rings. The number of nitrogens with one attached hydrogen (secondary N) is 1. The normalized spacial score (nSPS) is 12.8. The minimum atomic E-state index is -0.552. The summed E-state index contributed by atoms with van der Waals surface area (Å²) in [4.78, 5) is 0. The van der Waals surface area contributed by atoms with Gasteiger partial charge in [0.1, 0.15) is 5.82 Å². The van der Waals surface area contributed by atoms with Gasteiger partial charge in [-0.05, 0) is 17.7 Å². The fourth-order valence-corrected chi connectivity index (χ4v) is 1.52. The van der Waals surface area contributed by atoms with E-state index in [1.54, 1.807) is 6.07 Å². The van der Waals surface area contributed by atoms with E-state index >= 15 is 0 Å². The lowest BCUT2D eigenvalue weighted by molar-refractivity contribution is 0.0644. The van der Waals surface area contributed by atoms with Crippen LogP contribution in [0.5, 0.6) is 0 Å². The molecule has 0 radical (unpaired) electrons. The van der Waals surface area contributed by atoms with E-state index in [4.69, 9.17) is 16.3 Å². The number of aliphatic hydroxyl groups is 1. The van der Waals surface area contributed by atoms with Crippen molar-refractivity contribution in [3.63, 3.8) is 0 Å². The molecule has 0 amide bonds. The molecule has 1 rings (SSSR count). The van der Waals surface area contributed by atoms with Gasteiger partial charge in [0.2, 0.25) is 0 Å². The minimum Gasteiger partial charge on any atom is -0.389 e. The number of ether oxygens (including phenoxy) is 1. The maximum absolute atomic E-state index is 12.7. The van der Waals surface area contributed by atoms with Gasteiger partial charge >= 0.3 is 0 Å². The maximum Gasteiger partial charge on any atom is 0.124 e. The monoisotopic (exact) mass is 247 g/mol. The molecule has 0 aliphatic rings. The van der Waals surface area contributed by atoms with Crippen molar-refractivity contribution in [2.75, 3.05) is 20.3 Å². The van der Waals surface area contributed by atoms with Crippen LogP contribution >= 0.6 is 11.6 Å². The third-order valence-electron chi connectivity index (χ3n) is 2.07. The molecule has 0 heterocycles. The molecule has 0 saturated heterocycles. The highest BCUT2D eigenvalue weighted by atomic mass is 35.5. The van der Waals surface area contributed by atoms with E-state index in [9.17, 15) is 9.50 Å². The number of rotatable bonds is 6. The molecule has 0 aliphatic heterocycles. The lowest BCUT2D eigenvalue weighted by Crippen LogP contribution is -2.29. The Morgan fingerprint density at radius 3 is 2.94 bits per heavy atom. The molecule has 0 fully saturated rings. The van der Waals surface area contributed by atoms with Gasteiger partial charge in [0.25, 0.3) is 0 Å². The summed E-state index contributed by atoms with van der Waals surface area (Å²) in [6.45, 7) is 1.17. The van der Waals surface area contributed by atoms with Gasteiger partial charge in [-0.2, -0.15) is 0 Å². The van der Waals surface area contributed by atoms with Crippen molar-refractivity contribution in [1.29, 1.82) is 0 Å². The Morgan fingerprint density at radius 2 is 2.31 bits per heavy atom. The molecule has 2 N–H and O–H groups in total. The first-order chi connectivity index (χ1) is 7.63. The van der Waals surface area contributed by atoms with Gasteiger partial charge in [-0.15, -0.1) is 0 Å². The molecule has 1 aromatic carbocycles. The van der Waals surface area contributed by atoms with Crippen LogP contribution in [0.4, 0.5) is 4.39 Å². The van der Waals surface area contributed by atoms with E-state index in [0.717, 1.165) is 5.56 Å². The Labute approximate surface area is 99.2 Å². The first-order valence-corrected chi connectivity index (χ1v) is 5.33. The standard InChI is InChI=1S/C11H15ClFNO2/c1-16-7-10(15)6-14-5-8-2-3-9(13)4-11(8)12/h2-4,10,14-15H,5-7H2,1H3. The summed E-state index contributed by atoms with van der Waals surface area (Å²) in [7, 11) is 1.53. The zero-order valence-corrected chi connectivity index (χ0v) is 9.80. The summed E-state index contributed by atoms with van der Waals surface area (Å²) in [6.07, 6.45) is -0.552. The van der Waals surface area contributed by atoms with Gasteiger partial charge in [-0.1, -0.05) is 17.7 Å². The van der Waals surface area contributed by atoms with Crippen molar-refractivity contribution in [2.45, 2.75) is 12.6 Å². The van der Waals surface area contributed by atoms with Crippen LogP contribution in [0, 0.1) is 5.82 Å². The zero-order chi connectivity index (χ0) is 12.0. The number of aliphatic hydroxyl groups excluding tert-OH is 1. The Kier molecular flexibility index (Phi) is 5.69. The van der Waals surface area contributed by atoms with Crippen molar-refractivity contribution in [2.24, 2.45) is 0 Å². The topological polar surface area (TPSA) is 41.5 Å². The average Bonchev–Trinajstić information content (AvgIpc) is 2.22. The molecule has 1 unspecified atom stereocenters. The van der Waals surface area contributed by atoms with E-state index in [-0.39, 0.29) is 12.4 Å². The molecule has 5 heteroatoms. The lowest BCUT2D eigenvalue weighted by atomic mass is 10.2. The molecular formula is C11H15ClFNO2. The van der Waals surface area contributed by atoms with Crippen LogP contribution in [0.15, 0.2) is 18.2 Å². The molecule has 0 spiro atoms. The Bertz CT molecular complexity index is 336. The SMILES string of the molecule is COCC(O)CNCc1ccc(F)cc1Cl. The molecule has 3 nitrogen and oxygen atoms in total. The first-order valence-electron chi connectivity index (χ1n) is 4.95. The third-order valence-corrected chi connectivity index (χ3v) is 2.42. The van der Waals surface area contributed by atoms with Gasteiger partial charge in [0.15, 0.2) is 0 Å². The van der Waals surface area contributed by atoms with E-state index in [1.165, 1.54) is 19.2 Å². The summed E-state index contributed by atoms with van der Waals surface area (Å²) in [5, 5.41) is 12.8. The van der Waals surface area contributed by atoms with E-state index in [2.05, 4.69) is 5.32 Å². The third kappa shape index (κ3) is 4.45. The van der Waals surface area contributed by atoms with Crippen LogP contribution in [0.1, 0.15) is 5.56 Å². The minimum absolute atomic E-state index is 0.282. The lowest BCUT2D eigenvalue weighted by Gasteiger charge is -2.11. The van der Waals surface area contributed by atoms with Crippen molar-refractivity contribution in [3.05, 3.63) is 34.6 Å². The molecule has 90 valence electrons. The van der Waals surface area contributed by atoms with E-state index in [1.807, 2.05) is 0 Å². The molecule has 1 atom stereocenters. The summed E-state index contributed by atoms with van der Waals surface area (Å²) < 4.78 is 17.5. The highest BCUT2D eigenvalue weighted by molar-refractivity contribution is 6.31. The summed E-state index contributed by atoms with van der Waals surface area (Å²) >= 11 is 5.84. The number of hydrogen-bond acceptors (Lipinski definition) is 3. The zero-order valence-electron chi connectivity index (χ0n) is 9.04. The fourth-order valence-electron chi connectivity index (χ4n) is 1.29. The maximum atomic E-state index is 12.7. The van der Waals surface area contributed by atoms with E-state index in [0.29, 0.717) is 18.1 Å². The largest absolute Gasteiger partial charge is 0.389 e. The van der Waals surface area contributed by atoms with Crippen molar-refractivity contribution in [3.8, 4) is 0 Å². The van der Waals surface area contributed by atoms with Gasteiger partial charge in [-0.3, -0.25) is 0 Å². The average molecular weight is 248 g/mol. The smallest absolute Gasteiger partial charge is 0.124 e. The van der Waals surface area contributed by atoms with Gasteiger partial charge < -0.3 is 15.2 Å². The second kappa shape index (κ2) is 6.81. The summed E-state index contributed by atoms with van der Waals surface area (Å²) in [5.41, 5.74) is 0.799. The van der Waals surface area contributed by atoms with Crippen LogP contribution in [0.2, 0.25) is 5.02 Å². The second-order valence-electron chi connectivity index (χ2n) is 3.48. The Balaban J connectivity index is 2.37. The summed E-state index contributed by atoms with van der Waals surface area (Å²) in [5.74, 6) is -0.354. The van der Waals surface area contributed by atoms with Gasteiger partial charge in [-0.25, -0.2) is 4.39 Å². The van der Waals surface area contributed by atoms with Gasteiger partial charge in [0, 0.05) is 25.2 Å². The van der Waals surface area contributed by atoms with Crippen molar-refractivity contribution >= 4 is 11.6 Å². The fraction of sp³-hybridized carbons (Fsp3) is 0.455. The molecule has 0 bridgehead atoms. The number of hydrogen-bond donors (Lipinski definition) is 2. The highest BCUT2D eigenvalue weighted by Gasteiger charge is 2.04. The second-order valence-corrected chi connectivity index (χ2v) is 3.88. The number of benzene rings is 1. The number of halogens is 2. The quantitative estimate of drug-likeness (QED) is 0.802. The number of methoxy groups -OCH3 is 1. The Morgan fingerprint density at radius 1 is 1.56 bits per heavy atom. The Hall–Kier alpha value is -0.680. The molecule has 16 heavy (non-hydrogen) atoms. The molecule has 0 saturated carbocycles. The van der Waals surface area contributed by atoms with Crippen LogP contribution in [-0.4, -0.2) is 31.5 Å². The molecule has 0 aromatic heterocycles. The van der Waals surface area contributed by atoms with Crippen molar-refractivity contribution in [1.82, 2.24) is 5.32 Å². The van der Waals surface area contributed by atoms with Crippen LogP contribution in [0.3, 0.4) is 0 Å². The predicted octanol–water partition coefficient (Wildman–Crippen LogP) is 1.58. The van der Waals surface area contributed by atoms with Crippen LogP contribution in [0.25, 0.3) is 0 Å². The molecular weight excluding hydrogens is 233 g/mol. The van der Waals surface area contributed by atoms with Crippen LogP contribution < -0.4 is 5.32 Å². The first kappa shape index (κ1) is 13.4. The van der Waals surface area contributed by atoms with E-state index < -0.39 is 6.10 Å². The van der Waals surface area contributed by atoms with Crippen LogP contribution in [-0.2, 0) is 11.3 Å². The summed E-state index contributed by atoms with van der Waals surface area (Å²) in [6, 6.07) is 4.24. The van der Waals surface area contributed by atoms with Crippen molar-refractivity contribution < 1.29 is 14.2 Å². The van der Waals surface area contributed by atoms with Gasteiger partial charge in [0.05, 0.1) is 12.7 Å².